The topological polar surface area (TPSA) is 44.5 Å². The molecule has 0 aliphatic carbocycles. The molecule has 92 valence electrons. The third-order valence-corrected chi connectivity index (χ3v) is 2.39. The number of benzene rings is 1. The molecule has 0 amide bonds. The van der Waals surface area contributed by atoms with Crippen molar-refractivity contribution in [3.8, 4) is 23.3 Å². The highest BCUT2D eigenvalue weighted by Crippen LogP contribution is 2.22. The maximum Gasteiger partial charge on any atom is 0.134 e. The van der Waals surface area contributed by atoms with Gasteiger partial charge in [0.2, 0.25) is 0 Å². The lowest BCUT2D eigenvalue weighted by Gasteiger charge is -2.05. The van der Waals surface area contributed by atoms with Crippen molar-refractivity contribution in [2.75, 3.05) is 20.8 Å². The summed E-state index contributed by atoms with van der Waals surface area (Å²) in [6, 6.07) is 5.61. The Bertz CT molecular complexity index is 404. The Morgan fingerprint density at radius 1 is 1.18 bits per heavy atom. The van der Waals surface area contributed by atoms with Gasteiger partial charge in [0.25, 0.3) is 0 Å². The molecule has 1 aromatic rings. The van der Waals surface area contributed by atoms with E-state index in [1.54, 1.807) is 14.2 Å². The van der Waals surface area contributed by atoms with E-state index in [1.165, 1.54) is 0 Å². The predicted octanol–water partition coefficient (Wildman–Crippen LogP) is 2.18. The highest BCUT2D eigenvalue weighted by Gasteiger charge is 2.01. The fraction of sp³-hybridized carbons (Fsp3) is 0.429. The number of hydrogen-bond donors (Lipinski definition) is 1. The second-order valence-corrected chi connectivity index (χ2v) is 3.61. The van der Waals surface area contributed by atoms with E-state index in [1.807, 2.05) is 18.2 Å². The van der Waals surface area contributed by atoms with Crippen LogP contribution in [0.25, 0.3) is 0 Å². The van der Waals surface area contributed by atoms with E-state index in [4.69, 9.17) is 15.2 Å². The number of hydrogen-bond acceptors (Lipinski definition) is 3. The van der Waals surface area contributed by atoms with Gasteiger partial charge in [0.05, 0.1) is 19.8 Å². The lowest BCUT2D eigenvalue weighted by atomic mass is 10.1. The smallest absolute Gasteiger partial charge is 0.134 e. The van der Waals surface area contributed by atoms with Gasteiger partial charge in [0.1, 0.15) is 11.5 Å². The van der Waals surface area contributed by atoms with Crippen LogP contribution < -0.4 is 15.2 Å². The molecule has 0 bridgehead atoms. The maximum absolute atomic E-state index is 5.42. The summed E-state index contributed by atoms with van der Waals surface area (Å²) in [6.07, 6.45) is 2.91. The largest absolute Gasteiger partial charge is 0.497 e. The van der Waals surface area contributed by atoms with Gasteiger partial charge < -0.3 is 15.2 Å². The van der Waals surface area contributed by atoms with Gasteiger partial charge in [-0.05, 0) is 37.6 Å². The Hall–Kier alpha value is -1.66. The van der Waals surface area contributed by atoms with Gasteiger partial charge in [0.15, 0.2) is 0 Å². The first-order valence-corrected chi connectivity index (χ1v) is 5.72. The highest BCUT2D eigenvalue weighted by molar-refractivity contribution is 5.50. The normalized spacial score (nSPS) is 9.35. The molecule has 0 aromatic heterocycles. The van der Waals surface area contributed by atoms with E-state index in [9.17, 15) is 0 Å². The van der Waals surface area contributed by atoms with Crippen LogP contribution in [-0.2, 0) is 0 Å². The van der Waals surface area contributed by atoms with Crippen LogP contribution in [-0.4, -0.2) is 20.8 Å². The molecule has 3 nitrogen and oxygen atoms in total. The van der Waals surface area contributed by atoms with Crippen LogP contribution in [0.15, 0.2) is 18.2 Å². The molecular formula is C14H19NO2. The molecule has 0 atom stereocenters. The maximum atomic E-state index is 5.42. The van der Waals surface area contributed by atoms with Gasteiger partial charge in [-0.1, -0.05) is 11.8 Å². The van der Waals surface area contributed by atoms with E-state index in [2.05, 4.69) is 11.8 Å². The summed E-state index contributed by atoms with van der Waals surface area (Å²) in [5.41, 5.74) is 6.28. The SMILES string of the molecule is COc1ccc(OC)c(C#CCCCCN)c1. The molecule has 0 saturated carbocycles. The molecule has 0 saturated heterocycles. The molecule has 17 heavy (non-hydrogen) atoms. The molecule has 0 aliphatic rings. The number of ether oxygens (including phenoxy) is 2. The Balaban J connectivity index is 2.73. The van der Waals surface area contributed by atoms with Crippen molar-refractivity contribution < 1.29 is 9.47 Å². The lowest BCUT2D eigenvalue weighted by molar-refractivity contribution is 0.402. The van der Waals surface area contributed by atoms with E-state index >= 15 is 0 Å². The summed E-state index contributed by atoms with van der Waals surface area (Å²) in [6.45, 7) is 0.726. The Labute approximate surface area is 103 Å². The third-order valence-electron chi connectivity index (χ3n) is 2.39. The van der Waals surface area contributed by atoms with Crippen molar-refractivity contribution in [3.05, 3.63) is 23.8 Å². The highest BCUT2D eigenvalue weighted by atomic mass is 16.5. The lowest BCUT2D eigenvalue weighted by Crippen LogP contribution is -1.97. The van der Waals surface area contributed by atoms with E-state index < -0.39 is 0 Å². The van der Waals surface area contributed by atoms with E-state index in [-0.39, 0.29) is 0 Å². The molecule has 0 fully saturated rings. The fourth-order valence-electron chi connectivity index (χ4n) is 1.43. The van der Waals surface area contributed by atoms with Crippen LogP contribution >= 0.6 is 0 Å². The van der Waals surface area contributed by atoms with Crippen LogP contribution in [0.2, 0.25) is 0 Å². The van der Waals surface area contributed by atoms with Crippen molar-refractivity contribution in [1.29, 1.82) is 0 Å². The summed E-state index contributed by atoms with van der Waals surface area (Å²) in [5, 5.41) is 0. The van der Waals surface area contributed by atoms with Crippen LogP contribution in [0.4, 0.5) is 0 Å². The average molecular weight is 233 g/mol. The molecule has 1 aromatic carbocycles. The molecule has 0 radical (unpaired) electrons. The van der Waals surface area contributed by atoms with Crippen LogP contribution in [0.1, 0.15) is 24.8 Å². The fourth-order valence-corrected chi connectivity index (χ4v) is 1.43. The van der Waals surface area contributed by atoms with E-state index in [0.717, 1.165) is 42.9 Å². The van der Waals surface area contributed by atoms with Gasteiger partial charge in [-0.25, -0.2) is 0 Å². The molecular weight excluding hydrogens is 214 g/mol. The van der Waals surface area contributed by atoms with Crippen LogP contribution in [0.3, 0.4) is 0 Å². The molecule has 3 heteroatoms. The molecule has 1 rings (SSSR count). The molecule has 0 aliphatic heterocycles. The molecule has 0 heterocycles. The standard InChI is InChI=1S/C14H19NO2/c1-16-13-8-9-14(17-2)12(11-13)7-5-3-4-6-10-15/h8-9,11H,3-4,6,10,15H2,1-2H3. The molecule has 2 N–H and O–H groups in total. The molecule has 0 spiro atoms. The number of nitrogens with two attached hydrogens (primary N) is 1. The van der Waals surface area contributed by atoms with Crippen LogP contribution in [0.5, 0.6) is 11.5 Å². The monoisotopic (exact) mass is 233 g/mol. The van der Waals surface area contributed by atoms with Crippen molar-refractivity contribution in [2.45, 2.75) is 19.3 Å². The van der Waals surface area contributed by atoms with Gasteiger partial charge in [0, 0.05) is 6.42 Å². The Morgan fingerprint density at radius 3 is 2.65 bits per heavy atom. The zero-order valence-electron chi connectivity index (χ0n) is 10.5. The summed E-state index contributed by atoms with van der Waals surface area (Å²) in [7, 11) is 3.28. The summed E-state index contributed by atoms with van der Waals surface area (Å²) in [5.74, 6) is 7.79. The third kappa shape index (κ3) is 4.38. The second kappa shape index (κ2) is 7.59. The Kier molecular flexibility index (Phi) is 5.98. The van der Waals surface area contributed by atoms with Crippen molar-refractivity contribution in [1.82, 2.24) is 0 Å². The second-order valence-electron chi connectivity index (χ2n) is 3.61. The van der Waals surface area contributed by atoms with Crippen molar-refractivity contribution >= 4 is 0 Å². The summed E-state index contributed by atoms with van der Waals surface area (Å²) < 4.78 is 10.4. The summed E-state index contributed by atoms with van der Waals surface area (Å²) in [4.78, 5) is 0. The quantitative estimate of drug-likeness (QED) is 0.626. The molecule has 0 unspecified atom stereocenters. The number of unbranched alkanes of at least 4 members (excludes halogenated alkanes) is 2. The van der Waals surface area contributed by atoms with Crippen molar-refractivity contribution in [3.63, 3.8) is 0 Å². The van der Waals surface area contributed by atoms with Gasteiger partial charge in [-0.2, -0.15) is 0 Å². The van der Waals surface area contributed by atoms with Crippen LogP contribution in [0, 0.1) is 11.8 Å². The minimum absolute atomic E-state index is 0.726. The van der Waals surface area contributed by atoms with Gasteiger partial charge in [-0.15, -0.1) is 0 Å². The minimum Gasteiger partial charge on any atom is -0.497 e. The first-order valence-electron chi connectivity index (χ1n) is 5.72. The zero-order chi connectivity index (χ0) is 12.5. The van der Waals surface area contributed by atoms with Crippen molar-refractivity contribution in [2.24, 2.45) is 5.73 Å². The predicted molar refractivity (Wildman–Crippen MR) is 69.3 cm³/mol. The van der Waals surface area contributed by atoms with Gasteiger partial charge >= 0.3 is 0 Å². The Morgan fingerprint density at radius 2 is 2.00 bits per heavy atom. The number of rotatable bonds is 5. The first-order chi connectivity index (χ1) is 8.31. The van der Waals surface area contributed by atoms with Gasteiger partial charge in [-0.3, -0.25) is 0 Å². The summed E-state index contributed by atoms with van der Waals surface area (Å²) >= 11 is 0. The number of methoxy groups -OCH3 is 2. The average Bonchev–Trinajstić information content (AvgIpc) is 2.38. The zero-order valence-corrected chi connectivity index (χ0v) is 10.5. The van der Waals surface area contributed by atoms with E-state index in [0.29, 0.717) is 0 Å². The first kappa shape index (κ1) is 13.4. The minimum atomic E-state index is 0.726.